The molecule has 0 amide bonds. The fourth-order valence-corrected chi connectivity index (χ4v) is 4.45. The zero-order chi connectivity index (χ0) is 20.1. The van der Waals surface area contributed by atoms with Crippen molar-refractivity contribution in [3.05, 3.63) is 29.3 Å². The summed E-state index contributed by atoms with van der Waals surface area (Å²) in [6.07, 6.45) is -2.57. The Kier molecular flexibility index (Phi) is 7.10. The van der Waals surface area contributed by atoms with Gasteiger partial charge in [0, 0.05) is 6.54 Å². The molecule has 0 atom stereocenters. The number of carbonyl (C=O) groups is 1. The predicted octanol–water partition coefficient (Wildman–Crippen LogP) is 2.17. The fourth-order valence-electron chi connectivity index (χ4n) is 2.86. The SMILES string of the molecule is O=C(O)C(F)(F)F.O=S1(=O)CCC(COc2ccc3c(c2)CCNC3)CC1. The molecule has 10 heteroatoms. The molecule has 152 valence electrons. The van der Waals surface area contributed by atoms with Gasteiger partial charge in [0.25, 0.3) is 0 Å². The van der Waals surface area contributed by atoms with Crippen LogP contribution in [0.5, 0.6) is 5.75 Å². The van der Waals surface area contributed by atoms with Crippen molar-refractivity contribution in [2.24, 2.45) is 5.92 Å². The van der Waals surface area contributed by atoms with Crippen molar-refractivity contribution in [1.29, 1.82) is 0 Å². The van der Waals surface area contributed by atoms with Crippen molar-refractivity contribution in [3.8, 4) is 5.75 Å². The zero-order valence-electron chi connectivity index (χ0n) is 14.6. The Labute approximate surface area is 155 Å². The van der Waals surface area contributed by atoms with E-state index in [1.54, 1.807) is 0 Å². The molecule has 0 saturated carbocycles. The van der Waals surface area contributed by atoms with E-state index in [1.807, 2.05) is 6.07 Å². The van der Waals surface area contributed by atoms with E-state index in [1.165, 1.54) is 11.1 Å². The number of rotatable bonds is 3. The molecule has 2 heterocycles. The van der Waals surface area contributed by atoms with Crippen LogP contribution in [0.15, 0.2) is 18.2 Å². The van der Waals surface area contributed by atoms with Gasteiger partial charge in [-0.15, -0.1) is 0 Å². The molecule has 0 radical (unpaired) electrons. The van der Waals surface area contributed by atoms with Crippen molar-refractivity contribution >= 4 is 15.8 Å². The van der Waals surface area contributed by atoms with E-state index in [9.17, 15) is 21.6 Å². The molecule has 0 bridgehead atoms. The minimum Gasteiger partial charge on any atom is -0.493 e. The number of aliphatic carboxylic acids is 1. The van der Waals surface area contributed by atoms with Crippen LogP contribution in [0.3, 0.4) is 0 Å². The van der Waals surface area contributed by atoms with Gasteiger partial charge in [0.1, 0.15) is 15.6 Å². The van der Waals surface area contributed by atoms with E-state index in [2.05, 4.69) is 17.4 Å². The van der Waals surface area contributed by atoms with Gasteiger partial charge < -0.3 is 15.2 Å². The van der Waals surface area contributed by atoms with Crippen LogP contribution in [0.2, 0.25) is 0 Å². The van der Waals surface area contributed by atoms with Crippen LogP contribution in [0.25, 0.3) is 0 Å². The van der Waals surface area contributed by atoms with Crippen LogP contribution >= 0.6 is 0 Å². The van der Waals surface area contributed by atoms with E-state index < -0.39 is 22.0 Å². The number of carboxylic acids is 1. The summed E-state index contributed by atoms with van der Waals surface area (Å²) < 4.78 is 60.4. The van der Waals surface area contributed by atoms with E-state index in [0.717, 1.165) is 38.1 Å². The second-order valence-electron chi connectivity index (χ2n) is 6.57. The average Bonchev–Trinajstić information content (AvgIpc) is 2.60. The second-order valence-corrected chi connectivity index (χ2v) is 8.87. The molecule has 27 heavy (non-hydrogen) atoms. The first-order chi connectivity index (χ1) is 12.6. The van der Waals surface area contributed by atoms with Crippen molar-refractivity contribution in [2.45, 2.75) is 32.0 Å². The average molecular weight is 409 g/mol. The van der Waals surface area contributed by atoms with Gasteiger partial charge in [-0.2, -0.15) is 13.2 Å². The number of fused-ring (bicyclic) bond motifs is 1. The lowest BCUT2D eigenvalue weighted by Crippen LogP contribution is -2.27. The van der Waals surface area contributed by atoms with E-state index in [-0.39, 0.29) is 0 Å². The molecule has 1 aromatic rings. The van der Waals surface area contributed by atoms with Crippen LogP contribution in [0, 0.1) is 5.92 Å². The number of ether oxygens (including phenoxy) is 1. The van der Waals surface area contributed by atoms with Crippen molar-refractivity contribution < 1.29 is 36.2 Å². The second kappa shape index (κ2) is 8.92. The number of halogens is 3. The normalized spacial score (nSPS) is 19.4. The van der Waals surface area contributed by atoms with Crippen LogP contribution in [-0.4, -0.2) is 50.3 Å². The summed E-state index contributed by atoms with van der Waals surface area (Å²) in [6, 6.07) is 6.28. The quantitative estimate of drug-likeness (QED) is 0.795. The highest BCUT2D eigenvalue weighted by Gasteiger charge is 2.38. The Bertz CT molecular complexity index is 750. The molecule has 2 aliphatic heterocycles. The van der Waals surface area contributed by atoms with Gasteiger partial charge in [-0.25, -0.2) is 13.2 Å². The summed E-state index contributed by atoms with van der Waals surface area (Å²) in [5, 5.41) is 10.5. The highest BCUT2D eigenvalue weighted by molar-refractivity contribution is 7.91. The number of hydrogen-bond donors (Lipinski definition) is 2. The molecule has 0 aliphatic carbocycles. The van der Waals surface area contributed by atoms with Crippen molar-refractivity contribution in [1.82, 2.24) is 5.32 Å². The van der Waals surface area contributed by atoms with Gasteiger partial charge in [0.15, 0.2) is 0 Å². The third-order valence-electron chi connectivity index (χ3n) is 4.47. The summed E-state index contributed by atoms with van der Waals surface area (Å²) in [6.45, 7) is 2.60. The van der Waals surface area contributed by atoms with Crippen LogP contribution < -0.4 is 10.1 Å². The topological polar surface area (TPSA) is 92.7 Å². The molecule has 0 aromatic heterocycles. The number of alkyl halides is 3. The molecule has 1 aromatic carbocycles. The molecule has 0 spiro atoms. The Hall–Kier alpha value is -1.81. The van der Waals surface area contributed by atoms with E-state index in [0.29, 0.717) is 24.0 Å². The summed E-state index contributed by atoms with van der Waals surface area (Å²) >= 11 is 0. The van der Waals surface area contributed by atoms with Gasteiger partial charge in [-0.3, -0.25) is 0 Å². The molecular weight excluding hydrogens is 387 g/mol. The smallest absolute Gasteiger partial charge is 0.490 e. The first kappa shape index (κ1) is 21.5. The summed E-state index contributed by atoms with van der Waals surface area (Å²) in [7, 11) is -2.77. The maximum absolute atomic E-state index is 11.4. The maximum atomic E-state index is 11.4. The van der Waals surface area contributed by atoms with Gasteiger partial charge in [-0.1, -0.05) is 6.07 Å². The Morgan fingerprint density at radius 2 is 1.85 bits per heavy atom. The molecule has 3 rings (SSSR count). The summed E-state index contributed by atoms with van der Waals surface area (Å²) in [4.78, 5) is 8.90. The van der Waals surface area contributed by atoms with Crippen LogP contribution in [0.4, 0.5) is 13.2 Å². The monoisotopic (exact) mass is 409 g/mol. The zero-order valence-corrected chi connectivity index (χ0v) is 15.4. The lowest BCUT2D eigenvalue weighted by atomic mass is 10.0. The van der Waals surface area contributed by atoms with Gasteiger partial charge >= 0.3 is 12.1 Å². The number of benzene rings is 1. The van der Waals surface area contributed by atoms with Gasteiger partial charge in [0.05, 0.1) is 18.1 Å². The summed E-state index contributed by atoms with van der Waals surface area (Å²) in [5.41, 5.74) is 2.72. The lowest BCUT2D eigenvalue weighted by Gasteiger charge is -2.23. The molecule has 1 saturated heterocycles. The van der Waals surface area contributed by atoms with Crippen molar-refractivity contribution in [2.75, 3.05) is 24.7 Å². The van der Waals surface area contributed by atoms with E-state index in [4.69, 9.17) is 14.6 Å². The highest BCUT2D eigenvalue weighted by atomic mass is 32.2. The Morgan fingerprint density at radius 3 is 2.44 bits per heavy atom. The molecule has 2 aliphatic rings. The summed E-state index contributed by atoms with van der Waals surface area (Å²) in [5.74, 6) is -0.837. The first-order valence-corrected chi connectivity index (χ1v) is 10.3. The van der Waals surface area contributed by atoms with Crippen LogP contribution in [-0.2, 0) is 27.6 Å². The third kappa shape index (κ3) is 7.02. The highest BCUT2D eigenvalue weighted by Crippen LogP contribution is 2.23. The van der Waals surface area contributed by atoms with Crippen LogP contribution in [0.1, 0.15) is 24.0 Å². The molecule has 0 unspecified atom stereocenters. The first-order valence-electron chi connectivity index (χ1n) is 8.53. The minimum atomic E-state index is -5.08. The number of carboxylic acid groups (broad SMARTS) is 1. The number of hydrogen-bond acceptors (Lipinski definition) is 5. The molecule has 6 nitrogen and oxygen atoms in total. The standard InChI is InChI=1S/C15H21NO3S.C2HF3O2/c17-20(18)7-4-12(5-8-20)11-19-15-2-1-14-10-16-6-3-13(14)9-15;3-2(4,5)1(6)7/h1-2,9,12,16H,3-8,10-11H2;(H,6,7). The van der Waals surface area contributed by atoms with Gasteiger partial charge in [0.2, 0.25) is 0 Å². The number of sulfone groups is 1. The lowest BCUT2D eigenvalue weighted by molar-refractivity contribution is -0.192. The van der Waals surface area contributed by atoms with Gasteiger partial charge in [-0.05, 0) is 55.0 Å². The number of nitrogens with one attached hydrogen (secondary N) is 1. The molecule has 2 N–H and O–H groups in total. The maximum Gasteiger partial charge on any atom is 0.490 e. The Balaban J connectivity index is 0.000000321. The Morgan fingerprint density at radius 1 is 1.22 bits per heavy atom. The van der Waals surface area contributed by atoms with E-state index >= 15 is 0 Å². The predicted molar refractivity (Wildman–Crippen MR) is 92.4 cm³/mol. The molecular formula is C17H22F3NO5S. The fraction of sp³-hybridized carbons (Fsp3) is 0.588. The minimum absolute atomic E-state index is 0.316. The largest absolute Gasteiger partial charge is 0.493 e. The third-order valence-corrected chi connectivity index (χ3v) is 6.18. The molecule has 1 fully saturated rings. The van der Waals surface area contributed by atoms with Crippen molar-refractivity contribution in [3.63, 3.8) is 0 Å².